The van der Waals surface area contributed by atoms with Gasteiger partial charge in [0.05, 0.1) is 5.69 Å². The highest BCUT2D eigenvalue weighted by Gasteiger charge is 2.13. The maximum absolute atomic E-state index is 11.3. The monoisotopic (exact) mass is 228 g/mol. The molecule has 0 saturated heterocycles. The molecule has 84 valence electrons. The first-order valence-electron chi connectivity index (χ1n) is 4.83. The van der Waals surface area contributed by atoms with Crippen molar-refractivity contribution in [1.29, 1.82) is 0 Å². The van der Waals surface area contributed by atoms with Gasteiger partial charge >= 0.3 is 0 Å². The van der Waals surface area contributed by atoms with Gasteiger partial charge in [-0.15, -0.1) is 0 Å². The molecule has 1 aromatic rings. The minimum atomic E-state index is -3.65. The summed E-state index contributed by atoms with van der Waals surface area (Å²) in [7, 11) is -3.65. The maximum Gasteiger partial charge on any atom is 0.240 e. The Morgan fingerprint density at radius 3 is 2.53 bits per heavy atom. The molecule has 0 spiro atoms. The van der Waals surface area contributed by atoms with Gasteiger partial charge in [0.15, 0.2) is 0 Å². The lowest BCUT2D eigenvalue weighted by Crippen LogP contribution is -2.19. The molecule has 1 unspecified atom stereocenters. The second kappa shape index (κ2) is 4.63. The molecular weight excluding hydrogens is 212 g/mol. The van der Waals surface area contributed by atoms with Gasteiger partial charge in [0.2, 0.25) is 10.0 Å². The zero-order valence-corrected chi connectivity index (χ0v) is 9.71. The van der Waals surface area contributed by atoms with Crippen molar-refractivity contribution in [3.63, 3.8) is 0 Å². The molecule has 0 aliphatic carbocycles. The molecule has 1 atom stereocenters. The third kappa shape index (κ3) is 3.21. The highest BCUT2D eigenvalue weighted by Crippen LogP contribution is 2.20. The second-order valence-corrected chi connectivity index (χ2v) is 5.02. The molecule has 0 heterocycles. The average molecular weight is 228 g/mol. The van der Waals surface area contributed by atoms with Crippen LogP contribution in [0.25, 0.3) is 0 Å². The summed E-state index contributed by atoms with van der Waals surface area (Å²) in [6.45, 7) is 4.01. The van der Waals surface area contributed by atoms with E-state index in [1.54, 1.807) is 18.2 Å². The minimum Gasteiger partial charge on any atom is -0.382 e. The fourth-order valence-corrected chi connectivity index (χ4v) is 1.90. The number of anilines is 1. The average Bonchev–Trinajstić information content (AvgIpc) is 2.17. The lowest BCUT2D eigenvalue weighted by molar-refractivity contribution is 0.598. The SMILES string of the molecule is CCC(C)Nc1ccccc1S(N)(=O)=O. The molecule has 0 aliphatic rings. The molecule has 0 fully saturated rings. The summed E-state index contributed by atoms with van der Waals surface area (Å²) in [5.41, 5.74) is 0.564. The fourth-order valence-electron chi connectivity index (χ4n) is 1.20. The van der Waals surface area contributed by atoms with Crippen molar-refractivity contribution >= 4 is 15.7 Å². The summed E-state index contributed by atoms with van der Waals surface area (Å²) in [6, 6.07) is 6.86. The number of nitrogens with one attached hydrogen (secondary N) is 1. The van der Waals surface area contributed by atoms with Gasteiger partial charge in [-0.1, -0.05) is 19.1 Å². The van der Waals surface area contributed by atoms with Crippen molar-refractivity contribution in [2.24, 2.45) is 5.14 Å². The molecule has 0 aromatic heterocycles. The van der Waals surface area contributed by atoms with Crippen LogP contribution in [0.5, 0.6) is 0 Å². The van der Waals surface area contributed by atoms with Crippen molar-refractivity contribution in [3.8, 4) is 0 Å². The summed E-state index contributed by atoms with van der Waals surface area (Å²) >= 11 is 0. The van der Waals surface area contributed by atoms with Gasteiger partial charge in [-0.05, 0) is 25.5 Å². The van der Waals surface area contributed by atoms with E-state index in [2.05, 4.69) is 5.32 Å². The smallest absolute Gasteiger partial charge is 0.240 e. The Morgan fingerprint density at radius 1 is 1.40 bits per heavy atom. The van der Waals surface area contributed by atoms with Gasteiger partial charge in [0, 0.05) is 6.04 Å². The van der Waals surface area contributed by atoms with Crippen molar-refractivity contribution < 1.29 is 8.42 Å². The van der Waals surface area contributed by atoms with Gasteiger partial charge in [0.25, 0.3) is 0 Å². The summed E-state index contributed by atoms with van der Waals surface area (Å²) in [5.74, 6) is 0. The molecule has 3 N–H and O–H groups in total. The van der Waals surface area contributed by atoms with E-state index in [1.165, 1.54) is 6.07 Å². The van der Waals surface area contributed by atoms with Crippen LogP contribution in [0.2, 0.25) is 0 Å². The van der Waals surface area contributed by atoms with Crippen LogP contribution in [0.3, 0.4) is 0 Å². The Balaban J connectivity index is 3.08. The third-order valence-corrected chi connectivity index (χ3v) is 3.18. The van der Waals surface area contributed by atoms with Crippen LogP contribution in [0.4, 0.5) is 5.69 Å². The largest absolute Gasteiger partial charge is 0.382 e. The van der Waals surface area contributed by atoms with Gasteiger partial charge in [0.1, 0.15) is 4.90 Å². The van der Waals surface area contributed by atoms with Gasteiger partial charge < -0.3 is 5.32 Å². The Hall–Kier alpha value is -1.07. The first-order chi connectivity index (χ1) is 6.95. The Labute approximate surface area is 90.5 Å². The zero-order valence-electron chi connectivity index (χ0n) is 8.90. The Bertz CT molecular complexity index is 429. The molecule has 0 aliphatic heterocycles. The molecule has 1 aromatic carbocycles. The molecule has 0 radical (unpaired) electrons. The first-order valence-corrected chi connectivity index (χ1v) is 6.38. The first kappa shape index (κ1) is 12.0. The number of para-hydroxylation sites is 1. The van der Waals surface area contributed by atoms with Crippen LogP contribution in [0.15, 0.2) is 29.2 Å². The number of sulfonamides is 1. The van der Waals surface area contributed by atoms with Gasteiger partial charge in [-0.3, -0.25) is 0 Å². The van der Waals surface area contributed by atoms with E-state index in [-0.39, 0.29) is 10.9 Å². The quantitative estimate of drug-likeness (QED) is 0.821. The fraction of sp³-hybridized carbons (Fsp3) is 0.400. The molecule has 0 amide bonds. The summed E-state index contributed by atoms with van der Waals surface area (Å²) < 4.78 is 22.5. The van der Waals surface area contributed by atoms with Crippen LogP contribution < -0.4 is 10.5 Å². The van der Waals surface area contributed by atoms with E-state index in [0.29, 0.717) is 5.69 Å². The highest BCUT2D eigenvalue weighted by molar-refractivity contribution is 7.89. The predicted molar refractivity (Wildman–Crippen MR) is 61.2 cm³/mol. The molecular formula is C10H16N2O2S. The van der Waals surface area contributed by atoms with Gasteiger partial charge in [-0.25, -0.2) is 13.6 Å². The Kier molecular flexibility index (Phi) is 3.71. The zero-order chi connectivity index (χ0) is 11.5. The van der Waals surface area contributed by atoms with Crippen molar-refractivity contribution in [2.45, 2.75) is 31.2 Å². The maximum atomic E-state index is 11.3. The lowest BCUT2D eigenvalue weighted by Gasteiger charge is -2.15. The normalized spacial score (nSPS) is 13.5. The predicted octanol–water partition coefficient (Wildman–Crippen LogP) is 1.54. The van der Waals surface area contributed by atoms with E-state index in [1.807, 2.05) is 13.8 Å². The van der Waals surface area contributed by atoms with Crippen molar-refractivity contribution in [2.75, 3.05) is 5.32 Å². The Morgan fingerprint density at radius 2 is 2.00 bits per heavy atom. The molecule has 1 rings (SSSR count). The third-order valence-electron chi connectivity index (χ3n) is 2.21. The molecule has 4 nitrogen and oxygen atoms in total. The molecule has 0 saturated carbocycles. The minimum absolute atomic E-state index is 0.144. The summed E-state index contributed by atoms with van der Waals surface area (Å²) in [4.78, 5) is 0.144. The number of hydrogen-bond donors (Lipinski definition) is 2. The van der Waals surface area contributed by atoms with E-state index in [4.69, 9.17) is 5.14 Å². The van der Waals surface area contributed by atoms with E-state index in [0.717, 1.165) is 6.42 Å². The van der Waals surface area contributed by atoms with Crippen LogP contribution in [0.1, 0.15) is 20.3 Å². The van der Waals surface area contributed by atoms with E-state index in [9.17, 15) is 8.42 Å². The molecule has 15 heavy (non-hydrogen) atoms. The second-order valence-electron chi connectivity index (χ2n) is 3.49. The molecule has 5 heteroatoms. The van der Waals surface area contributed by atoms with Crippen molar-refractivity contribution in [3.05, 3.63) is 24.3 Å². The van der Waals surface area contributed by atoms with Gasteiger partial charge in [-0.2, -0.15) is 0 Å². The highest BCUT2D eigenvalue weighted by atomic mass is 32.2. The standard InChI is InChI=1S/C10H16N2O2S/c1-3-8(2)12-9-6-4-5-7-10(9)15(11,13)14/h4-8,12H,3H2,1-2H3,(H2,11,13,14). The lowest BCUT2D eigenvalue weighted by atomic mass is 10.2. The van der Waals surface area contributed by atoms with Crippen LogP contribution >= 0.6 is 0 Å². The number of primary sulfonamides is 1. The number of rotatable bonds is 4. The van der Waals surface area contributed by atoms with Crippen LogP contribution in [-0.2, 0) is 10.0 Å². The number of benzene rings is 1. The molecule has 0 bridgehead atoms. The van der Waals surface area contributed by atoms with Crippen molar-refractivity contribution in [1.82, 2.24) is 0 Å². The summed E-state index contributed by atoms with van der Waals surface area (Å²) in [6.07, 6.45) is 0.916. The van der Waals surface area contributed by atoms with E-state index < -0.39 is 10.0 Å². The number of hydrogen-bond acceptors (Lipinski definition) is 3. The van der Waals surface area contributed by atoms with Crippen LogP contribution in [-0.4, -0.2) is 14.5 Å². The van der Waals surface area contributed by atoms with Crippen LogP contribution in [0, 0.1) is 0 Å². The number of nitrogens with two attached hydrogens (primary N) is 1. The summed E-state index contributed by atoms with van der Waals surface area (Å²) in [5, 5.41) is 8.21. The topological polar surface area (TPSA) is 72.2 Å². The van der Waals surface area contributed by atoms with E-state index >= 15 is 0 Å².